The summed E-state index contributed by atoms with van der Waals surface area (Å²) < 4.78 is 8.54. The second-order valence-corrected chi connectivity index (χ2v) is 10.2. The lowest BCUT2D eigenvalue weighted by Crippen LogP contribution is -2.14. The molecule has 0 amide bonds. The maximum Gasteiger partial charge on any atom is 0.135 e. The Balaban J connectivity index is 1.49. The van der Waals surface area contributed by atoms with E-state index in [1.54, 1.807) is 0 Å². The highest BCUT2D eigenvalue weighted by Crippen LogP contribution is 2.51. The van der Waals surface area contributed by atoms with Crippen LogP contribution in [0, 0.1) is 0 Å². The predicted octanol–water partition coefficient (Wildman–Crippen LogP) is 8.99. The molecule has 1 aliphatic carbocycles. The van der Waals surface area contributed by atoms with Gasteiger partial charge in [0.25, 0.3) is 0 Å². The van der Waals surface area contributed by atoms with E-state index in [4.69, 9.17) is 4.42 Å². The first-order valence-electron chi connectivity index (χ1n) is 12.2. The van der Waals surface area contributed by atoms with Crippen LogP contribution in [0.15, 0.2) is 108 Å². The normalized spacial score (nSPS) is 14.2. The number of nitrogens with zero attached hydrogens (tertiary/aromatic N) is 1. The third-order valence-corrected chi connectivity index (χ3v) is 7.99. The molecule has 2 nitrogen and oxygen atoms in total. The number of benzene rings is 5. The van der Waals surface area contributed by atoms with Gasteiger partial charge < -0.3 is 8.98 Å². The molecule has 0 unspecified atom stereocenters. The Morgan fingerprint density at radius 3 is 2.20 bits per heavy atom. The van der Waals surface area contributed by atoms with Crippen molar-refractivity contribution in [3.63, 3.8) is 0 Å². The van der Waals surface area contributed by atoms with Gasteiger partial charge in [0.05, 0.1) is 11.0 Å². The van der Waals surface area contributed by atoms with E-state index in [-0.39, 0.29) is 5.41 Å². The van der Waals surface area contributed by atoms with E-state index in [0.29, 0.717) is 0 Å². The van der Waals surface area contributed by atoms with Crippen molar-refractivity contribution in [2.45, 2.75) is 19.3 Å². The van der Waals surface area contributed by atoms with Crippen LogP contribution in [0.1, 0.15) is 25.0 Å². The zero-order valence-electron chi connectivity index (χ0n) is 19.7. The van der Waals surface area contributed by atoms with Crippen molar-refractivity contribution in [2.24, 2.45) is 0 Å². The van der Waals surface area contributed by atoms with Crippen LogP contribution in [0.3, 0.4) is 0 Å². The van der Waals surface area contributed by atoms with Crippen LogP contribution >= 0.6 is 0 Å². The Morgan fingerprint density at radius 2 is 1.29 bits per heavy atom. The van der Waals surface area contributed by atoms with Crippen LogP contribution in [-0.4, -0.2) is 4.57 Å². The Bertz CT molecular complexity index is 1980. The smallest absolute Gasteiger partial charge is 0.135 e. The molecule has 0 spiro atoms. The van der Waals surface area contributed by atoms with Crippen LogP contribution in [0.2, 0.25) is 0 Å². The summed E-state index contributed by atoms with van der Waals surface area (Å²) in [5.74, 6) is 0. The van der Waals surface area contributed by atoms with E-state index in [2.05, 4.69) is 109 Å². The van der Waals surface area contributed by atoms with Gasteiger partial charge in [-0.25, -0.2) is 0 Å². The lowest BCUT2D eigenvalue weighted by atomic mass is 9.82. The highest BCUT2D eigenvalue weighted by atomic mass is 16.3. The molecular formula is C33H23NO. The third-order valence-electron chi connectivity index (χ3n) is 7.99. The van der Waals surface area contributed by atoms with Gasteiger partial charge in [-0.2, -0.15) is 0 Å². The Labute approximate surface area is 203 Å². The van der Waals surface area contributed by atoms with Gasteiger partial charge in [-0.15, -0.1) is 0 Å². The fourth-order valence-electron chi connectivity index (χ4n) is 6.29. The summed E-state index contributed by atoms with van der Waals surface area (Å²) in [7, 11) is 0. The second kappa shape index (κ2) is 6.43. The maximum atomic E-state index is 6.11. The zero-order chi connectivity index (χ0) is 23.3. The monoisotopic (exact) mass is 449 g/mol. The average molecular weight is 450 g/mol. The number of hydrogen-bond acceptors (Lipinski definition) is 1. The quantitative estimate of drug-likeness (QED) is 0.244. The van der Waals surface area contributed by atoms with Gasteiger partial charge in [-0.05, 0) is 64.7 Å². The molecule has 0 atom stereocenters. The summed E-state index contributed by atoms with van der Waals surface area (Å²) >= 11 is 0. The molecule has 166 valence electrons. The van der Waals surface area contributed by atoms with E-state index in [1.165, 1.54) is 44.1 Å². The van der Waals surface area contributed by atoms with E-state index < -0.39 is 0 Å². The van der Waals surface area contributed by atoms with E-state index in [0.717, 1.165) is 27.6 Å². The average Bonchev–Trinajstić information content (AvgIpc) is 3.49. The van der Waals surface area contributed by atoms with E-state index in [9.17, 15) is 0 Å². The second-order valence-electron chi connectivity index (χ2n) is 10.2. The van der Waals surface area contributed by atoms with Crippen LogP contribution in [-0.2, 0) is 5.41 Å². The van der Waals surface area contributed by atoms with Crippen molar-refractivity contribution in [2.75, 3.05) is 0 Å². The Hall–Kier alpha value is -4.30. The summed E-state index contributed by atoms with van der Waals surface area (Å²) in [6, 6.07) is 37.3. The summed E-state index contributed by atoms with van der Waals surface area (Å²) in [6.45, 7) is 4.69. The fraction of sp³-hybridized carbons (Fsp3) is 0.0909. The van der Waals surface area contributed by atoms with Crippen LogP contribution in [0.4, 0.5) is 0 Å². The molecule has 0 saturated heterocycles. The SMILES string of the molecule is CC1(C)c2ccccc2-c2cc3c4ccccc4n(-c4ccc5oc6ccccc6c5c4)c3cc21. The topological polar surface area (TPSA) is 18.1 Å². The molecule has 0 aliphatic heterocycles. The lowest BCUT2D eigenvalue weighted by Gasteiger charge is -2.21. The standard InChI is InChI=1S/C33H23NO/c1-33(2)27-12-6-3-9-21(27)24-18-25-22-10-4-7-13-29(22)34(30(25)19-28(24)33)20-15-16-32-26(17-20)23-11-5-8-14-31(23)35-32/h3-19H,1-2H3. The van der Waals surface area contributed by atoms with Gasteiger partial charge in [-0.1, -0.05) is 74.5 Å². The van der Waals surface area contributed by atoms with Crippen molar-refractivity contribution in [1.29, 1.82) is 0 Å². The maximum absolute atomic E-state index is 6.11. The number of hydrogen-bond donors (Lipinski definition) is 0. The number of aromatic nitrogens is 1. The summed E-state index contributed by atoms with van der Waals surface area (Å²) in [5, 5.41) is 4.88. The van der Waals surface area contributed by atoms with Crippen LogP contribution in [0.25, 0.3) is 60.6 Å². The van der Waals surface area contributed by atoms with Gasteiger partial charge in [0.15, 0.2) is 0 Å². The third kappa shape index (κ3) is 2.39. The molecule has 1 aliphatic rings. The number of fused-ring (bicyclic) bond motifs is 9. The minimum Gasteiger partial charge on any atom is -0.456 e. The molecule has 35 heavy (non-hydrogen) atoms. The molecular weight excluding hydrogens is 426 g/mol. The Kier molecular flexibility index (Phi) is 3.50. The van der Waals surface area contributed by atoms with Crippen molar-refractivity contribution in [3.8, 4) is 16.8 Å². The highest BCUT2D eigenvalue weighted by molar-refractivity contribution is 6.12. The van der Waals surface area contributed by atoms with Crippen LogP contribution in [0.5, 0.6) is 0 Å². The first-order valence-corrected chi connectivity index (χ1v) is 12.2. The van der Waals surface area contributed by atoms with Crippen molar-refractivity contribution < 1.29 is 4.42 Å². The van der Waals surface area contributed by atoms with Gasteiger partial charge in [0.2, 0.25) is 0 Å². The van der Waals surface area contributed by atoms with Gasteiger partial charge in [0, 0.05) is 32.6 Å². The minimum absolute atomic E-state index is 0.0356. The molecule has 8 rings (SSSR count). The lowest BCUT2D eigenvalue weighted by molar-refractivity contribution is 0.661. The molecule has 0 saturated carbocycles. The van der Waals surface area contributed by atoms with E-state index >= 15 is 0 Å². The van der Waals surface area contributed by atoms with E-state index in [1.807, 2.05) is 12.1 Å². The van der Waals surface area contributed by atoms with Crippen molar-refractivity contribution in [1.82, 2.24) is 4.57 Å². The summed E-state index contributed by atoms with van der Waals surface area (Å²) in [5.41, 5.74) is 11.0. The van der Waals surface area contributed by atoms with Gasteiger partial charge in [0.1, 0.15) is 11.2 Å². The molecule has 0 N–H and O–H groups in total. The summed E-state index contributed by atoms with van der Waals surface area (Å²) in [4.78, 5) is 0. The number of furan rings is 1. The van der Waals surface area contributed by atoms with Crippen molar-refractivity contribution >= 4 is 43.7 Å². The number of para-hydroxylation sites is 2. The minimum atomic E-state index is -0.0356. The molecule has 0 bridgehead atoms. The number of rotatable bonds is 1. The molecule has 2 aromatic heterocycles. The van der Waals surface area contributed by atoms with Crippen LogP contribution < -0.4 is 0 Å². The largest absolute Gasteiger partial charge is 0.456 e. The molecule has 0 fully saturated rings. The van der Waals surface area contributed by atoms with Crippen molar-refractivity contribution in [3.05, 3.63) is 114 Å². The zero-order valence-corrected chi connectivity index (χ0v) is 19.7. The first-order chi connectivity index (χ1) is 17.1. The highest BCUT2D eigenvalue weighted by Gasteiger charge is 2.36. The van der Waals surface area contributed by atoms with Gasteiger partial charge >= 0.3 is 0 Å². The molecule has 5 aromatic carbocycles. The Morgan fingerprint density at radius 1 is 0.543 bits per heavy atom. The molecule has 0 radical (unpaired) electrons. The predicted molar refractivity (Wildman–Crippen MR) is 146 cm³/mol. The molecule has 2 heteroatoms. The first kappa shape index (κ1) is 19.1. The van der Waals surface area contributed by atoms with Gasteiger partial charge in [-0.3, -0.25) is 0 Å². The fourth-order valence-corrected chi connectivity index (χ4v) is 6.29. The molecule has 2 heterocycles. The summed E-state index contributed by atoms with van der Waals surface area (Å²) in [6.07, 6.45) is 0. The molecule has 7 aromatic rings.